The van der Waals surface area contributed by atoms with Crippen molar-refractivity contribution in [1.29, 1.82) is 0 Å². The van der Waals surface area contributed by atoms with Crippen molar-refractivity contribution in [1.82, 2.24) is 15.3 Å². The highest BCUT2D eigenvalue weighted by Crippen LogP contribution is 2.25. The van der Waals surface area contributed by atoms with Crippen LogP contribution in [0.1, 0.15) is 61.4 Å². The number of hydrogen-bond acceptors (Lipinski definition) is 5. The first-order chi connectivity index (χ1) is 13.5. The number of benzene rings is 1. The van der Waals surface area contributed by atoms with E-state index < -0.39 is 0 Å². The maximum absolute atomic E-state index is 12.6. The fraction of sp³-hybridized carbons (Fsp3) is 0.500. The first-order valence-electron chi connectivity index (χ1n) is 10.3. The maximum Gasteiger partial charge on any atom is 0.270 e. The third-order valence-electron chi connectivity index (χ3n) is 5.36. The molecule has 1 aromatic carbocycles. The molecule has 0 saturated heterocycles. The number of nitrogens with zero attached hydrogens (tertiary/aromatic N) is 3. The van der Waals surface area contributed by atoms with Gasteiger partial charge >= 0.3 is 0 Å². The van der Waals surface area contributed by atoms with E-state index in [4.69, 9.17) is 0 Å². The highest BCUT2D eigenvalue weighted by atomic mass is 16.1. The fourth-order valence-corrected chi connectivity index (χ4v) is 3.79. The van der Waals surface area contributed by atoms with E-state index >= 15 is 0 Å². The van der Waals surface area contributed by atoms with Crippen LogP contribution in [0.25, 0.3) is 0 Å². The Morgan fingerprint density at radius 3 is 2.46 bits per heavy atom. The Kier molecular flexibility index (Phi) is 6.49. The molecule has 0 bridgehead atoms. The third-order valence-corrected chi connectivity index (χ3v) is 5.36. The molecule has 28 heavy (non-hydrogen) atoms. The van der Waals surface area contributed by atoms with Gasteiger partial charge in [-0.05, 0) is 64.3 Å². The van der Waals surface area contributed by atoms with Gasteiger partial charge in [0.25, 0.3) is 5.91 Å². The summed E-state index contributed by atoms with van der Waals surface area (Å²) in [6.07, 6.45) is 4.48. The van der Waals surface area contributed by atoms with Crippen LogP contribution in [0.5, 0.6) is 0 Å². The Labute approximate surface area is 167 Å². The van der Waals surface area contributed by atoms with Crippen molar-refractivity contribution in [3.05, 3.63) is 41.3 Å². The van der Waals surface area contributed by atoms with Crippen LogP contribution in [0.3, 0.4) is 0 Å². The predicted molar refractivity (Wildman–Crippen MR) is 115 cm³/mol. The van der Waals surface area contributed by atoms with Crippen LogP contribution in [-0.4, -0.2) is 35.0 Å². The SMILES string of the molecule is CCN(CC)c1ccc(Nc2cc(C(=O)NC3CCCC3)nc(C)n2)c(C)c1. The molecule has 1 aromatic heterocycles. The van der Waals surface area contributed by atoms with Crippen molar-refractivity contribution >= 4 is 23.1 Å². The first kappa shape index (κ1) is 20.1. The van der Waals surface area contributed by atoms with Crippen LogP contribution in [0.2, 0.25) is 0 Å². The topological polar surface area (TPSA) is 70.2 Å². The summed E-state index contributed by atoms with van der Waals surface area (Å²) in [7, 11) is 0. The Morgan fingerprint density at radius 1 is 1.11 bits per heavy atom. The number of nitrogens with one attached hydrogen (secondary N) is 2. The van der Waals surface area contributed by atoms with Gasteiger partial charge in [0.2, 0.25) is 0 Å². The van der Waals surface area contributed by atoms with Gasteiger partial charge in [-0.3, -0.25) is 4.79 Å². The van der Waals surface area contributed by atoms with E-state index in [0.29, 0.717) is 17.3 Å². The van der Waals surface area contributed by atoms with E-state index in [9.17, 15) is 4.79 Å². The Balaban J connectivity index is 1.77. The van der Waals surface area contributed by atoms with Gasteiger partial charge in [0.15, 0.2) is 0 Å². The number of carbonyl (C=O) groups excluding carboxylic acids is 1. The van der Waals surface area contributed by atoms with E-state index in [1.54, 1.807) is 6.07 Å². The van der Waals surface area contributed by atoms with Gasteiger partial charge in [-0.25, -0.2) is 9.97 Å². The van der Waals surface area contributed by atoms with E-state index in [0.717, 1.165) is 37.2 Å². The summed E-state index contributed by atoms with van der Waals surface area (Å²) in [5, 5.41) is 6.45. The minimum Gasteiger partial charge on any atom is -0.372 e. The molecule has 0 unspecified atom stereocenters. The molecule has 2 N–H and O–H groups in total. The van der Waals surface area contributed by atoms with Crippen molar-refractivity contribution in [2.24, 2.45) is 0 Å². The molecule has 1 aliphatic carbocycles. The molecular weight excluding hydrogens is 350 g/mol. The van der Waals surface area contributed by atoms with Crippen LogP contribution in [0, 0.1) is 13.8 Å². The van der Waals surface area contributed by atoms with Crippen LogP contribution < -0.4 is 15.5 Å². The molecule has 1 fully saturated rings. The lowest BCUT2D eigenvalue weighted by Crippen LogP contribution is -2.33. The summed E-state index contributed by atoms with van der Waals surface area (Å²) in [5.74, 6) is 1.11. The van der Waals surface area contributed by atoms with Gasteiger partial charge in [-0.2, -0.15) is 0 Å². The average molecular weight is 382 g/mol. The fourth-order valence-electron chi connectivity index (χ4n) is 3.79. The minimum atomic E-state index is -0.117. The molecule has 0 radical (unpaired) electrons. The van der Waals surface area contributed by atoms with Gasteiger partial charge in [0.1, 0.15) is 17.3 Å². The van der Waals surface area contributed by atoms with Gasteiger partial charge in [0.05, 0.1) is 0 Å². The number of aromatic nitrogens is 2. The van der Waals surface area contributed by atoms with Crippen molar-refractivity contribution < 1.29 is 4.79 Å². The molecule has 0 spiro atoms. The lowest BCUT2D eigenvalue weighted by atomic mass is 10.1. The normalized spacial score (nSPS) is 14.1. The monoisotopic (exact) mass is 381 g/mol. The van der Waals surface area contributed by atoms with Crippen molar-refractivity contribution in [2.75, 3.05) is 23.3 Å². The largest absolute Gasteiger partial charge is 0.372 e. The number of aryl methyl sites for hydroxylation is 2. The molecule has 3 rings (SSSR count). The number of hydrogen-bond donors (Lipinski definition) is 2. The van der Waals surface area contributed by atoms with E-state index in [1.165, 1.54) is 18.5 Å². The standard InChI is InChI=1S/C22H31N5O/c1-5-27(6-2)18-11-12-19(15(3)13-18)26-21-14-20(23-16(4)24-21)22(28)25-17-9-7-8-10-17/h11-14,17H,5-10H2,1-4H3,(H,25,28)(H,23,24,26). The summed E-state index contributed by atoms with van der Waals surface area (Å²) >= 11 is 0. The molecule has 1 aliphatic rings. The third kappa shape index (κ3) is 4.80. The molecule has 2 aromatic rings. The molecular formula is C22H31N5O. The van der Waals surface area contributed by atoms with Crippen molar-refractivity contribution in [2.45, 2.75) is 59.4 Å². The molecule has 1 amide bonds. The molecule has 1 saturated carbocycles. The second kappa shape index (κ2) is 9.04. The van der Waals surface area contributed by atoms with Gasteiger partial charge in [-0.1, -0.05) is 12.8 Å². The number of rotatable bonds is 7. The van der Waals surface area contributed by atoms with Gasteiger partial charge in [-0.15, -0.1) is 0 Å². The zero-order valence-corrected chi connectivity index (χ0v) is 17.4. The maximum atomic E-state index is 12.6. The molecule has 150 valence electrons. The van der Waals surface area contributed by atoms with E-state index in [1.807, 2.05) is 6.92 Å². The quantitative estimate of drug-likeness (QED) is 0.746. The summed E-state index contributed by atoms with van der Waals surface area (Å²) < 4.78 is 0. The lowest BCUT2D eigenvalue weighted by Gasteiger charge is -2.22. The van der Waals surface area contributed by atoms with Crippen LogP contribution in [-0.2, 0) is 0 Å². The first-order valence-corrected chi connectivity index (χ1v) is 10.3. The number of anilines is 3. The Hall–Kier alpha value is -2.63. The Bertz CT molecular complexity index is 826. The second-order valence-electron chi connectivity index (χ2n) is 7.44. The molecule has 0 aliphatic heterocycles. The van der Waals surface area contributed by atoms with E-state index in [-0.39, 0.29) is 11.9 Å². The molecule has 0 atom stereocenters. The molecule has 1 heterocycles. The Morgan fingerprint density at radius 2 is 1.82 bits per heavy atom. The summed E-state index contributed by atoms with van der Waals surface area (Å²) in [4.78, 5) is 23.7. The predicted octanol–water partition coefficient (Wildman–Crippen LogP) is 4.36. The molecule has 6 nitrogen and oxygen atoms in total. The van der Waals surface area contributed by atoms with Gasteiger partial charge in [0, 0.05) is 36.6 Å². The highest BCUT2D eigenvalue weighted by molar-refractivity contribution is 5.93. The summed E-state index contributed by atoms with van der Waals surface area (Å²) in [6.45, 7) is 10.2. The minimum absolute atomic E-state index is 0.117. The van der Waals surface area contributed by atoms with Crippen LogP contribution >= 0.6 is 0 Å². The average Bonchev–Trinajstić information content (AvgIpc) is 3.17. The van der Waals surface area contributed by atoms with Crippen LogP contribution in [0.15, 0.2) is 24.3 Å². The summed E-state index contributed by atoms with van der Waals surface area (Å²) in [6, 6.07) is 8.36. The second-order valence-corrected chi connectivity index (χ2v) is 7.44. The number of amides is 1. The van der Waals surface area contributed by atoms with Crippen molar-refractivity contribution in [3.63, 3.8) is 0 Å². The van der Waals surface area contributed by atoms with Gasteiger partial charge < -0.3 is 15.5 Å². The number of carbonyl (C=O) groups is 1. The smallest absolute Gasteiger partial charge is 0.270 e. The molecule has 6 heteroatoms. The highest BCUT2D eigenvalue weighted by Gasteiger charge is 2.19. The zero-order valence-electron chi connectivity index (χ0n) is 17.4. The lowest BCUT2D eigenvalue weighted by molar-refractivity contribution is 0.0932. The van der Waals surface area contributed by atoms with Crippen LogP contribution in [0.4, 0.5) is 17.2 Å². The van der Waals surface area contributed by atoms with E-state index in [2.05, 4.69) is 64.5 Å². The summed E-state index contributed by atoms with van der Waals surface area (Å²) in [5.41, 5.74) is 3.75. The van der Waals surface area contributed by atoms with Crippen molar-refractivity contribution in [3.8, 4) is 0 Å². The zero-order chi connectivity index (χ0) is 20.1.